The molecule has 1 amide bonds. The fraction of sp³-hybridized carbons (Fsp3) is 0.375. The van der Waals surface area contributed by atoms with E-state index in [2.05, 4.69) is 15.6 Å². The smallest absolute Gasteiger partial charge is 0.254 e. The Morgan fingerprint density at radius 2 is 2.50 bits per heavy atom. The van der Waals surface area contributed by atoms with Crippen molar-refractivity contribution < 1.29 is 4.79 Å². The van der Waals surface area contributed by atoms with Crippen molar-refractivity contribution in [3.63, 3.8) is 0 Å². The third kappa shape index (κ3) is 1.37. The highest BCUT2D eigenvalue weighted by atomic mass is 32.1. The maximum Gasteiger partial charge on any atom is 0.254 e. The zero-order valence-electron chi connectivity index (χ0n) is 7.65. The summed E-state index contributed by atoms with van der Waals surface area (Å²) in [4.78, 5) is 15.4. The number of aromatic nitrogens is 2. The molecule has 6 heteroatoms. The maximum atomic E-state index is 11.4. The van der Waals surface area contributed by atoms with Crippen molar-refractivity contribution in [1.82, 2.24) is 20.2 Å². The first kappa shape index (κ1) is 9.14. The molecule has 0 bridgehead atoms. The molecule has 1 atom stereocenters. The van der Waals surface area contributed by atoms with Crippen LogP contribution in [0.5, 0.6) is 0 Å². The molecule has 2 N–H and O–H groups in total. The zero-order chi connectivity index (χ0) is 10.1. The summed E-state index contributed by atoms with van der Waals surface area (Å²) in [6.45, 7) is 2.78. The maximum absolute atomic E-state index is 11.4. The molecule has 1 fully saturated rings. The number of hydrogen-bond donors (Lipinski definition) is 2. The fourth-order valence-corrected chi connectivity index (χ4v) is 1.68. The van der Waals surface area contributed by atoms with E-state index >= 15 is 0 Å². The van der Waals surface area contributed by atoms with E-state index in [-0.39, 0.29) is 5.91 Å². The highest BCUT2D eigenvalue weighted by Crippen LogP contribution is 2.15. The highest BCUT2D eigenvalue weighted by molar-refractivity contribution is 7.80. The third-order valence-electron chi connectivity index (χ3n) is 2.16. The molecule has 0 aliphatic carbocycles. The van der Waals surface area contributed by atoms with Crippen LogP contribution in [0.4, 0.5) is 0 Å². The Bertz CT molecular complexity index is 386. The van der Waals surface area contributed by atoms with Crippen molar-refractivity contribution in [3.05, 3.63) is 18.2 Å². The van der Waals surface area contributed by atoms with Gasteiger partial charge < -0.3 is 15.2 Å². The Hall–Kier alpha value is -1.43. The molecule has 1 aromatic rings. The quantitative estimate of drug-likeness (QED) is 0.672. The van der Waals surface area contributed by atoms with Gasteiger partial charge in [0.2, 0.25) is 0 Å². The molecular weight excluding hydrogens is 200 g/mol. The fourth-order valence-electron chi connectivity index (χ4n) is 1.46. The number of aryl methyl sites for hydroxylation is 1. The van der Waals surface area contributed by atoms with Gasteiger partial charge in [-0.25, -0.2) is 4.98 Å². The molecule has 1 aromatic heterocycles. The van der Waals surface area contributed by atoms with E-state index in [1.54, 1.807) is 12.5 Å². The Morgan fingerprint density at radius 1 is 1.71 bits per heavy atom. The van der Waals surface area contributed by atoms with Crippen LogP contribution < -0.4 is 10.6 Å². The van der Waals surface area contributed by atoms with Gasteiger partial charge in [-0.05, 0) is 19.1 Å². The van der Waals surface area contributed by atoms with Gasteiger partial charge in [0.1, 0.15) is 6.04 Å². The summed E-state index contributed by atoms with van der Waals surface area (Å²) in [6, 6.07) is -0.398. The Morgan fingerprint density at radius 3 is 3.07 bits per heavy atom. The van der Waals surface area contributed by atoms with Gasteiger partial charge in [0, 0.05) is 6.54 Å². The monoisotopic (exact) mass is 210 g/mol. The normalized spacial score (nSPS) is 20.8. The Labute approximate surface area is 86.5 Å². The number of amides is 1. The van der Waals surface area contributed by atoms with Crippen LogP contribution in [0.2, 0.25) is 0 Å². The summed E-state index contributed by atoms with van der Waals surface area (Å²) in [6.07, 6.45) is 3.38. The van der Waals surface area contributed by atoms with Gasteiger partial charge in [-0.2, -0.15) is 0 Å². The number of nitrogens with zero attached hydrogens (tertiary/aromatic N) is 2. The Balaban J connectivity index is 2.31. The first-order valence-corrected chi connectivity index (χ1v) is 4.74. The van der Waals surface area contributed by atoms with Gasteiger partial charge >= 0.3 is 0 Å². The average Bonchev–Trinajstić information content (AvgIpc) is 2.71. The number of nitrogens with one attached hydrogen (secondary N) is 2. The summed E-state index contributed by atoms with van der Waals surface area (Å²) < 4.78 is 1.91. The average molecular weight is 210 g/mol. The van der Waals surface area contributed by atoms with Gasteiger partial charge in [-0.3, -0.25) is 4.79 Å². The molecule has 0 spiro atoms. The summed E-state index contributed by atoms with van der Waals surface area (Å²) in [5, 5.41) is 5.82. The van der Waals surface area contributed by atoms with Crippen molar-refractivity contribution in [3.8, 4) is 0 Å². The van der Waals surface area contributed by atoms with Crippen LogP contribution in [0.3, 0.4) is 0 Å². The van der Waals surface area contributed by atoms with E-state index in [0.29, 0.717) is 5.11 Å². The molecule has 0 aromatic carbocycles. The number of hydrogen-bond acceptors (Lipinski definition) is 3. The molecule has 1 unspecified atom stereocenters. The summed E-state index contributed by atoms with van der Waals surface area (Å²) >= 11 is 4.85. The lowest BCUT2D eigenvalue weighted by Gasteiger charge is -2.09. The van der Waals surface area contributed by atoms with Crippen molar-refractivity contribution in [2.75, 3.05) is 0 Å². The van der Waals surface area contributed by atoms with Crippen molar-refractivity contribution in [2.24, 2.45) is 0 Å². The largest absolute Gasteiger partial charge is 0.346 e. The minimum absolute atomic E-state index is 0.120. The number of thiocarbonyl (C=S) groups is 1. The van der Waals surface area contributed by atoms with Crippen LogP contribution in [0.15, 0.2) is 12.5 Å². The van der Waals surface area contributed by atoms with E-state index < -0.39 is 6.04 Å². The van der Waals surface area contributed by atoms with Crippen molar-refractivity contribution >= 4 is 23.2 Å². The van der Waals surface area contributed by atoms with E-state index in [9.17, 15) is 4.79 Å². The number of carbonyl (C=O) groups excluding carboxylic acids is 1. The molecule has 14 heavy (non-hydrogen) atoms. The van der Waals surface area contributed by atoms with E-state index in [0.717, 1.165) is 12.2 Å². The van der Waals surface area contributed by atoms with Gasteiger partial charge in [0.15, 0.2) is 5.11 Å². The van der Waals surface area contributed by atoms with Crippen molar-refractivity contribution in [2.45, 2.75) is 19.5 Å². The lowest BCUT2D eigenvalue weighted by Crippen LogP contribution is -2.22. The lowest BCUT2D eigenvalue weighted by molar-refractivity contribution is -0.120. The predicted octanol–water partition coefficient (Wildman–Crippen LogP) is -0.0516. The number of carbonyl (C=O) groups is 1. The molecule has 1 saturated heterocycles. The molecule has 1 aliphatic heterocycles. The summed E-state index contributed by atoms with van der Waals surface area (Å²) in [5.74, 6) is -0.120. The minimum atomic E-state index is -0.398. The predicted molar refractivity (Wildman–Crippen MR) is 54.5 cm³/mol. The highest BCUT2D eigenvalue weighted by Gasteiger charge is 2.30. The molecule has 0 radical (unpaired) electrons. The SMILES string of the molecule is CCn1cncc1C1NC(=S)NC1=O. The second-order valence-corrected chi connectivity index (χ2v) is 3.41. The molecule has 0 saturated carbocycles. The van der Waals surface area contributed by atoms with Crippen molar-refractivity contribution in [1.29, 1.82) is 0 Å². The van der Waals surface area contributed by atoms with E-state index in [1.807, 2.05) is 11.5 Å². The van der Waals surface area contributed by atoms with E-state index in [4.69, 9.17) is 12.2 Å². The molecule has 1 aliphatic rings. The first-order valence-electron chi connectivity index (χ1n) is 4.33. The van der Waals surface area contributed by atoms with Crippen LogP contribution >= 0.6 is 12.2 Å². The topological polar surface area (TPSA) is 59.0 Å². The number of imidazole rings is 1. The summed E-state index contributed by atoms with van der Waals surface area (Å²) in [5.41, 5.74) is 0.838. The molecule has 2 rings (SSSR count). The standard InChI is InChI=1S/C8H10N4OS/c1-2-12-4-9-3-5(12)6-7(13)11-8(14)10-6/h3-4,6H,2H2,1H3,(H2,10,11,13,14). The molecule has 5 nitrogen and oxygen atoms in total. The Kier molecular flexibility index (Phi) is 2.20. The van der Waals surface area contributed by atoms with Crippen LogP contribution in [-0.2, 0) is 11.3 Å². The first-order chi connectivity index (χ1) is 6.72. The minimum Gasteiger partial charge on any atom is -0.346 e. The van der Waals surface area contributed by atoms with Gasteiger partial charge in [-0.1, -0.05) is 0 Å². The van der Waals surface area contributed by atoms with Crippen LogP contribution in [0, 0.1) is 0 Å². The third-order valence-corrected chi connectivity index (χ3v) is 2.38. The van der Waals surface area contributed by atoms with Gasteiger partial charge in [-0.15, -0.1) is 0 Å². The zero-order valence-corrected chi connectivity index (χ0v) is 8.47. The summed E-state index contributed by atoms with van der Waals surface area (Å²) in [7, 11) is 0. The lowest BCUT2D eigenvalue weighted by atomic mass is 10.2. The van der Waals surface area contributed by atoms with Crippen LogP contribution in [-0.4, -0.2) is 20.6 Å². The molecular formula is C8H10N4OS. The van der Waals surface area contributed by atoms with Gasteiger partial charge in [0.25, 0.3) is 5.91 Å². The molecule has 2 heterocycles. The van der Waals surface area contributed by atoms with Gasteiger partial charge in [0.05, 0.1) is 18.2 Å². The second-order valence-electron chi connectivity index (χ2n) is 3.00. The van der Waals surface area contributed by atoms with E-state index in [1.165, 1.54) is 0 Å². The van der Waals surface area contributed by atoms with Crippen LogP contribution in [0.25, 0.3) is 0 Å². The second kappa shape index (κ2) is 3.38. The van der Waals surface area contributed by atoms with Crippen LogP contribution in [0.1, 0.15) is 18.7 Å². The number of rotatable bonds is 2. The molecule has 74 valence electrons.